The summed E-state index contributed by atoms with van der Waals surface area (Å²) in [6.45, 7) is 0.137. The molecule has 1 unspecified atom stereocenters. The second-order valence-electron chi connectivity index (χ2n) is 2.07. The Morgan fingerprint density at radius 3 is 2.33 bits per heavy atom. The molecule has 1 rings (SSSR count). The van der Waals surface area contributed by atoms with Gasteiger partial charge in [0.05, 0.1) is 6.54 Å². The number of Topliss-reactive ketones (excluding diaryl/α,β-unsaturated/α-hetero) is 1. The molecule has 0 aromatic heterocycles. The van der Waals surface area contributed by atoms with Crippen LogP contribution in [0.3, 0.4) is 0 Å². The van der Waals surface area contributed by atoms with Crippen molar-refractivity contribution in [1.82, 2.24) is 4.90 Å². The van der Waals surface area contributed by atoms with Crippen molar-refractivity contribution in [2.75, 3.05) is 13.6 Å². The Kier molecular flexibility index (Phi) is 1.25. The fourth-order valence-corrected chi connectivity index (χ4v) is 0.756. The lowest BCUT2D eigenvalue weighted by Crippen LogP contribution is -2.22. The number of carbonyl (C=O) groups excluding carboxylic acids is 2. The molecule has 50 valence electrons. The van der Waals surface area contributed by atoms with Crippen LogP contribution in [0.4, 0.5) is 0 Å². The molecule has 1 heterocycles. The van der Waals surface area contributed by atoms with E-state index in [2.05, 4.69) is 0 Å². The van der Waals surface area contributed by atoms with Crippen molar-refractivity contribution in [2.45, 2.75) is 6.10 Å². The Bertz CT molecular complexity index is 148. The average molecular weight is 129 g/mol. The van der Waals surface area contributed by atoms with Gasteiger partial charge in [0.15, 0.2) is 0 Å². The Labute approximate surface area is 52.1 Å². The molecule has 1 aliphatic rings. The third kappa shape index (κ3) is 0.810. The van der Waals surface area contributed by atoms with E-state index in [1.54, 1.807) is 0 Å². The summed E-state index contributed by atoms with van der Waals surface area (Å²) in [4.78, 5) is 22.2. The number of hydrogen-bond donors (Lipinski definition) is 1. The quantitative estimate of drug-likeness (QED) is 0.400. The Balaban J connectivity index is 2.77. The first-order valence-corrected chi connectivity index (χ1v) is 2.60. The number of rotatable bonds is 0. The topological polar surface area (TPSA) is 57.6 Å². The zero-order valence-electron chi connectivity index (χ0n) is 5.00. The molecule has 0 aromatic rings. The highest BCUT2D eigenvalue weighted by Gasteiger charge is 2.34. The molecule has 1 amide bonds. The van der Waals surface area contributed by atoms with Crippen LogP contribution in [0.25, 0.3) is 0 Å². The molecule has 0 saturated carbocycles. The molecule has 0 aliphatic carbocycles. The molecule has 0 bridgehead atoms. The van der Waals surface area contributed by atoms with Gasteiger partial charge in [-0.2, -0.15) is 0 Å². The van der Waals surface area contributed by atoms with Gasteiger partial charge in [-0.1, -0.05) is 0 Å². The molecule has 1 fully saturated rings. The standard InChI is InChI=1S/C5H7NO3/c1-6-2-3(7)4(8)5(6)9/h3,7H,2H2,1H3. The van der Waals surface area contributed by atoms with Gasteiger partial charge in [0, 0.05) is 7.05 Å². The smallest absolute Gasteiger partial charge is 0.292 e. The van der Waals surface area contributed by atoms with E-state index in [-0.39, 0.29) is 6.54 Å². The number of aliphatic hydroxyl groups excluding tert-OH is 1. The Morgan fingerprint density at radius 1 is 1.67 bits per heavy atom. The minimum atomic E-state index is -1.09. The highest BCUT2D eigenvalue weighted by atomic mass is 16.3. The van der Waals surface area contributed by atoms with E-state index >= 15 is 0 Å². The molecule has 9 heavy (non-hydrogen) atoms. The van der Waals surface area contributed by atoms with Crippen molar-refractivity contribution < 1.29 is 14.7 Å². The largest absolute Gasteiger partial charge is 0.383 e. The maximum absolute atomic E-state index is 10.5. The van der Waals surface area contributed by atoms with Crippen LogP contribution < -0.4 is 0 Å². The second kappa shape index (κ2) is 1.80. The highest BCUT2D eigenvalue weighted by Crippen LogP contribution is 2.02. The van der Waals surface area contributed by atoms with Gasteiger partial charge in [-0.15, -0.1) is 0 Å². The maximum Gasteiger partial charge on any atom is 0.292 e. The molecule has 1 N–H and O–H groups in total. The van der Waals surface area contributed by atoms with E-state index in [1.165, 1.54) is 11.9 Å². The maximum atomic E-state index is 10.5. The van der Waals surface area contributed by atoms with Crippen LogP contribution in [-0.2, 0) is 9.59 Å². The zero-order valence-corrected chi connectivity index (χ0v) is 5.00. The normalized spacial score (nSPS) is 27.8. The summed E-state index contributed by atoms with van der Waals surface area (Å²) in [5.41, 5.74) is 0. The number of aliphatic hydroxyl groups is 1. The number of likely N-dealkylation sites (tertiary alicyclic amines) is 1. The number of nitrogens with zero attached hydrogens (tertiary/aromatic N) is 1. The van der Waals surface area contributed by atoms with Gasteiger partial charge in [-0.3, -0.25) is 9.59 Å². The zero-order chi connectivity index (χ0) is 7.02. The van der Waals surface area contributed by atoms with Crippen molar-refractivity contribution in [1.29, 1.82) is 0 Å². The number of hydrogen-bond acceptors (Lipinski definition) is 3. The molecule has 0 radical (unpaired) electrons. The first-order chi connectivity index (χ1) is 4.13. The monoisotopic (exact) mass is 129 g/mol. The van der Waals surface area contributed by atoms with Crippen molar-refractivity contribution >= 4 is 11.7 Å². The lowest BCUT2D eigenvalue weighted by molar-refractivity contribution is -0.141. The minimum Gasteiger partial charge on any atom is -0.383 e. The number of β-amino-alcohol motifs (C(OH)–C–C–N with tert-alkyl or cyclic N) is 1. The fraction of sp³-hybridized carbons (Fsp3) is 0.600. The SMILES string of the molecule is CN1CC(O)C(=O)C1=O. The van der Waals surface area contributed by atoms with Crippen LogP contribution in [0.2, 0.25) is 0 Å². The van der Waals surface area contributed by atoms with Gasteiger partial charge >= 0.3 is 0 Å². The summed E-state index contributed by atoms with van der Waals surface area (Å²) in [6, 6.07) is 0. The molecule has 4 nitrogen and oxygen atoms in total. The first kappa shape index (κ1) is 6.22. The Hall–Kier alpha value is -0.900. The van der Waals surface area contributed by atoms with E-state index < -0.39 is 17.8 Å². The van der Waals surface area contributed by atoms with Crippen molar-refractivity contribution in [2.24, 2.45) is 0 Å². The molecule has 4 heteroatoms. The van der Waals surface area contributed by atoms with Crippen LogP contribution in [0.15, 0.2) is 0 Å². The second-order valence-corrected chi connectivity index (χ2v) is 2.07. The van der Waals surface area contributed by atoms with E-state index in [0.29, 0.717) is 0 Å². The van der Waals surface area contributed by atoms with Crippen molar-refractivity contribution in [3.63, 3.8) is 0 Å². The lowest BCUT2D eigenvalue weighted by atomic mass is 10.3. The van der Waals surface area contributed by atoms with Crippen molar-refractivity contribution in [3.05, 3.63) is 0 Å². The average Bonchev–Trinajstić information content (AvgIpc) is 1.98. The van der Waals surface area contributed by atoms with Crippen LogP contribution in [0.5, 0.6) is 0 Å². The van der Waals surface area contributed by atoms with Gasteiger partial charge in [0.25, 0.3) is 5.91 Å². The predicted molar refractivity (Wildman–Crippen MR) is 28.7 cm³/mol. The minimum absolute atomic E-state index is 0.137. The summed E-state index contributed by atoms with van der Waals surface area (Å²) in [5, 5.41) is 8.73. The fourth-order valence-electron chi connectivity index (χ4n) is 0.756. The van der Waals surface area contributed by atoms with Gasteiger partial charge in [0.2, 0.25) is 5.78 Å². The van der Waals surface area contributed by atoms with Gasteiger partial charge in [0.1, 0.15) is 6.10 Å². The summed E-state index contributed by atoms with van der Waals surface area (Å²) < 4.78 is 0. The van der Waals surface area contributed by atoms with E-state index in [1.807, 2.05) is 0 Å². The van der Waals surface area contributed by atoms with Crippen LogP contribution in [-0.4, -0.2) is 41.4 Å². The summed E-state index contributed by atoms with van der Waals surface area (Å²) in [6.07, 6.45) is -1.09. The highest BCUT2D eigenvalue weighted by molar-refractivity contribution is 6.39. The summed E-state index contributed by atoms with van der Waals surface area (Å²) in [7, 11) is 1.48. The molecule has 1 atom stereocenters. The van der Waals surface area contributed by atoms with Crippen LogP contribution >= 0.6 is 0 Å². The van der Waals surface area contributed by atoms with Crippen LogP contribution in [0.1, 0.15) is 0 Å². The third-order valence-electron chi connectivity index (χ3n) is 1.31. The van der Waals surface area contributed by atoms with Crippen molar-refractivity contribution in [3.8, 4) is 0 Å². The van der Waals surface area contributed by atoms with E-state index in [0.717, 1.165) is 0 Å². The number of ketones is 1. The molecular weight excluding hydrogens is 122 g/mol. The Morgan fingerprint density at radius 2 is 2.22 bits per heavy atom. The first-order valence-electron chi connectivity index (χ1n) is 2.60. The number of amides is 1. The van der Waals surface area contributed by atoms with E-state index in [9.17, 15) is 9.59 Å². The lowest BCUT2D eigenvalue weighted by Gasteiger charge is -2.02. The van der Waals surface area contributed by atoms with E-state index in [4.69, 9.17) is 5.11 Å². The number of likely N-dealkylation sites (N-methyl/N-ethyl adjacent to an activating group) is 1. The molecule has 0 aromatic carbocycles. The molecular formula is C5H7NO3. The number of carbonyl (C=O) groups is 2. The predicted octanol–water partition coefficient (Wildman–Crippen LogP) is -1.61. The van der Waals surface area contributed by atoms with Gasteiger partial charge in [-0.25, -0.2) is 0 Å². The summed E-state index contributed by atoms with van der Waals surface area (Å²) in [5.74, 6) is -1.29. The van der Waals surface area contributed by atoms with Crippen LogP contribution in [0, 0.1) is 0 Å². The molecule has 1 aliphatic heterocycles. The van der Waals surface area contributed by atoms with Gasteiger partial charge < -0.3 is 10.0 Å². The molecule has 0 spiro atoms. The molecule has 1 saturated heterocycles. The summed E-state index contributed by atoms with van der Waals surface area (Å²) >= 11 is 0. The van der Waals surface area contributed by atoms with Gasteiger partial charge in [-0.05, 0) is 0 Å². The third-order valence-corrected chi connectivity index (χ3v) is 1.31.